The van der Waals surface area contributed by atoms with Crippen LogP contribution in [0, 0.1) is 20.0 Å². The second-order valence-electron chi connectivity index (χ2n) is 3.49. The van der Waals surface area contributed by atoms with E-state index in [4.69, 9.17) is 0 Å². The molecule has 0 saturated carbocycles. The molecule has 0 aliphatic rings. The third-order valence-electron chi connectivity index (χ3n) is 2.33. The Morgan fingerprint density at radius 2 is 2.00 bits per heavy atom. The molecule has 0 fully saturated rings. The maximum Gasteiger partial charge on any atom is 0.0892 e. The molecule has 0 N–H and O–H groups in total. The monoisotopic (exact) mass is 182 g/mol. The fraction of sp³-hybridized carbons (Fsp3) is 0.154. The van der Waals surface area contributed by atoms with Gasteiger partial charge in [-0.15, -0.1) is 0 Å². The lowest BCUT2D eigenvalue weighted by molar-refractivity contribution is 1.30. The summed E-state index contributed by atoms with van der Waals surface area (Å²) in [6.45, 7) is 4.23. The predicted octanol–water partition coefficient (Wildman–Crippen LogP) is 3.17. The van der Waals surface area contributed by atoms with Gasteiger partial charge in [0.2, 0.25) is 0 Å². The van der Waals surface area contributed by atoms with Crippen LogP contribution in [0.3, 0.4) is 0 Å². The molecule has 0 atom stereocenters. The van der Waals surface area contributed by atoms with Gasteiger partial charge in [-0.2, -0.15) is 0 Å². The second kappa shape index (κ2) is 3.62. The van der Waals surface area contributed by atoms with Crippen LogP contribution in [0.2, 0.25) is 0 Å². The van der Waals surface area contributed by atoms with Crippen molar-refractivity contribution in [2.75, 3.05) is 0 Å². The number of benzene rings is 1. The van der Waals surface area contributed by atoms with Gasteiger partial charge in [-0.25, -0.2) is 0 Å². The van der Waals surface area contributed by atoms with Crippen molar-refractivity contribution in [3.8, 4) is 11.1 Å². The Kier molecular flexibility index (Phi) is 2.32. The van der Waals surface area contributed by atoms with Crippen molar-refractivity contribution in [3.63, 3.8) is 0 Å². The van der Waals surface area contributed by atoms with Crippen molar-refractivity contribution in [1.82, 2.24) is 4.98 Å². The van der Waals surface area contributed by atoms with E-state index >= 15 is 0 Å². The van der Waals surface area contributed by atoms with E-state index in [2.05, 4.69) is 43.2 Å². The molecule has 1 aromatic heterocycles. The topological polar surface area (TPSA) is 12.9 Å². The van der Waals surface area contributed by atoms with Gasteiger partial charge in [0.25, 0.3) is 0 Å². The highest BCUT2D eigenvalue weighted by Gasteiger charge is 2.00. The number of aromatic nitrogens is 1. The fourth-order valence-electron chi connectivity index (χ4n) is 1.53. The molecule has 0 bridgehead atoms. The summed E-state index contributed by atoms with van der Waals surface area (Å²) in [5, 5.41) is 0. The van der Waals surface area contributed by atoms with E-state index in [9.17, 15) is 0 Å². The number of nitrogens with zero attached hydrogens (tertiary/aromatic N) is 1. The number of rotatable bonds is 1. The van der Waals surface area contributed by atoms with Gasteiger partial charge in [-0.1, -0.05) is 23.8 Å². The summed E-state index contributed by atoms with van der Waals surface area (Å²) >= 11 is 0. The molecule has 2 rings (SSSR count). The normalized spacial score (nSPS) is 10.1. The highest BCUT2D eigenvalue weighted by Crippen LogP contribution is 2.23. The van der Waals surface area contributed by atoms with E-state index < -0.39 is 0 Å². The first kappa shape index (κ1) is 8.95. The quantitative estimate of drug-likeness (QED) is 0.660. The lowest BCUT2D eigenvalue weighted by atomic mass is 10.00. The van der Waals surface area contributed by atoms with Gasteiger partial charge in [0, 0.05) is 6.20 Å². The van der Waals surface area contributed by atoms with E-state index in [1.165, 1.54) is 22.3 Å². The third kappa shape index (κ3) is 1.67. The molecule has 0 aliphatic carbocycles. The molecule has 1 aromatic carbocycles. The van der Waals surface area contributed by atoms with Gasteiger partial charge in [0.15, 0.2) is 0 Å². The fourth-order valence-corrected chi connectivity index (χ4v) is 1.53. The zero-order valence-electron chi connectivity index (χ0n) is 8.41. The Labute approximate surface area is 84.4 Å². The Bertz CT molecular complexity index is 432. The van der Waals surface area contributed by atoms with E-state index in [1.54, 1.807) is 6.20 Å². The molecular formula is C13H12N. The van der Waals surface area contributed by atoms with Crippen LogP contribution in [0.5, 0.6) is 0 Å². The molecule has 2 aromatic rings. The molecule has 1 radical (unpaired) electrons. The lowest BCUT2D eigenvalue weighted by Gasteiger charge is -2.06. The van der Waals surface area contributed by atoms with Crippen molar-refractivity contribution in [2.45, 2.75) is 13.8 Å². The maximum absolute atomic E-state index is 3.90. The molecule has 1 heteroatoms. The second-order valence-corrected chi connectivity index (χ2v) is 3.49. The van der Waals surface area contributed by atoms with Gasteiger partial charge in [0.05, 0.1) is 6.20 Å². The molecule has 0 unspecified atom stereocenters. The summed E-state index contributed by atoms with van der Waals surface area (Å²) < 4.78 is 0. The third-order valence-corrected chi connectivity index (χ3v) is 2.33. The van der Waals surface area contributed by atoms with Gasteiger partial charge in [0.1, 0.15) is 0 Å². The number of hydrogen-bond donors (Lipinski definition) is 0. The Morgan fingerprint density at radius 3 is 2.71 bits per heavy atom. The molecular weight excluding hydrogens is 170 g/mol. The van der Waals surface area contributed by atoms with Gasteiger partial charge in [-0.05, 0) is 42.7 Å². The molecule has 69 valence electrons. The standard InChI is InChI=1S/C13H12N/c1-10-3-4-11(2)13(9-10)12-5-7-14-8-6-12/h3-7,9H,1-2H3. The summed E-state index contributed by atoms with van der Waals surface area (Å²) in [6, 6.07) is 10.4. The zero-order valence-corrected chi connectivity index (χ0v) is 8.41. The summed E-state index contributed by atoms with van der Waals surface area (Å²) in [6.07, 6.45) is 4.63. The average Bonchev–Trinajstić information content (AvgIpc) is 2.23. The smallest absolute Gasteiger partial charge is 0.0892 e. The molecule has 0 amide bonds. The minimum atomic E-state index is 1.18. The van der Waals surface area contributed by atoms with Crippen LogP contribution in [0.25, 0.3) is 11.1 Å². The highest BCUT2D eigenvalue weighted by molar-refractivity contribution is 5.67. The minimum Gasteiger partial charge on any atom is -0.255 e. The summed E-state index contributed by atoms with van der Waals surface area (Å²) in [5.41, 5.74) is 5.02. The highest BCUT2D eigenvalue weighted by atomic mass is 14.6. The van der Waals surface area contributed by atoms with Crippen molar-refractivity contribution >= 4 is 0 Å². The SMILES string of the molecule is Cc1ccc(C)c(-c2c[c]ncc2)c1. The molecule has 0 saturated heterocycles. The van der Waals surface area contributed by atoms with Gasteiger partial charge < -0.3 is 0 Å². The Morgan fingerprint density at radius 1 is 1.14 bits per heavy atom. The summed E-state index contributed by atoms with van der Waals surface area (Å²) in [7, 11) is 0. The maximum atomic E-state index is 3.90. The first-order valence-corrected chi connectivity index (χ1v) is 4.67. The lowest BCUT2D eigenvalue weighted by Crippen LogP contribution is -1.84. The molecule has 0 spiro atoms. The number of pyridine rings is 1. The van der Waals surface area contributed by atoms with E-state index in [-0.39, 0.29) is 0 Å². The molecule has 14 heavy (non-hydrogen) atoms. The van der Waals surface area contributed by atoms with Crippen LogP contribution in [0.15, 0.2) is 36.5 Å². The van der Waals surface area contributed by atoms with E-state index in [0.717, 1.165) is 0 Å². The Balaban J connectivity index is 2.57. The first-order valence-electron chi connectivity index (χ1n) is 4.67. The van der Waals surface area contributed by atoms with Crippen LogP contribution >= 0.6 is 0 Å². The van der Waals surface area contributed by atoms with Crippen LogP contribution in [0.4, 0.5) is 0 Å². The van der Waals surface area contributed by atoms with Crippen molar-refractivity contribution < 1.29 is 0 Å². The van der Waals surface area contributed by atoms with E-state index in [1.807, 2.05) is 12.1 Å². The van der Waals surface area contributed by atoms with E-state index in [0.29, 0.717) is 0 Å². The predicted molar refractivity (Wildman–Crippen MR) is 58.0 cm³/mol. The minimum absolute atomic E-state index is 1.18. The molecule has 0 aliphatic heterocycles. The zero-order chi connectivity index (χ0) is 9.97. The number of hydrogen-bond acceptors (Lipinski definition) is 1. The van der Waals surface area contributed by atoms with Gasteiger partial charge >= 0.3 is 0 Å². The average molecular weight is 182 g/mol. The van der Waals surface area contributed by atoms with Gasteiger partial charge in [-0.3, -0.25) is 4.98 Å². The first-order chi connectivity index (χ1) is 6.77. The van der Waals surface area contributed by atoms with Crippen molar-refractivity contribution in [1.29, 1.82) is 0 Å². The summed E-state index contributed by atoms with van der Waals surface area (Å²) in [4.78, 5) is 3.90. The Hall–Kier alpha value is -1.63. The molecule has 1 heterocycles. The van der Waals surface area contributed by atoms with Crippen LogP contribution < -0.4 is 0 Å². The largest absolute Gasteiger partial charge is 0.255 e. The van der Waals surface area contributed by atoms with Crippen LogP contribution in [-0.4, -0.2) is 4.98 Å². The molecule has 1 nitrogen and oxygen atoms in total. The summed E-state index contributed by atoms with van der Waals surface area (Å²) in [5.74, 6) is 0. The van der Waals surface area contributed by atoms with Crippen LogP contribution in [-0.2, 0) is 0 Å². The van der Waals surface area contributed by atoms with Crippen LogP contribution in [0.1, 0.15) is 11.1 Å². The van der Waals surface area contributed by atoms with Crippen molar-refractivity contribution in [2.24, 2.45) is 0 Å². The van der Waals surface area contributed by atoms with Crippen molar-refractivity contribution in [3.05, 3.63) is 53.9 Å². The number of aryl methyl sites for hydroxylation is 2.